The van der Waals surface area contributed by atoms with Crippen LogP contribution in [0, 0.1) is 30.8 Å². The first-order chi connectivity index (χ1) is 15.0. The summed E-state index contributed by atoms with van der Waals surface area (Å²) >= 11 is 4.16. The molecular weight excluding hydrogens is 638 g/mol. The number of unbranched alkanes of at least 4 members (excludes halogenated alkanes) is 1. The summed E-state index contributed by atoms with van der Waals surface area (Å²) in [5, 5.41) is 0. The van der Waals surface area contributed by atoms with Crippen LogP contribution in [-0.4, -0.2) is 30.1 Å². The molecule has 174 valence electrons. The van der Waals surface area contributed by atoms with Gasteiger partial charge in [-0.05, 0) is 103 Å². The van der Waals surface area contributed by atoms with Crippen molar-refractivity contribution in [1.29, 1.82) is 0 Å². The predicted molar refractivity (Wildman–Crippen MR) is 136 cm³/mol. The lowest BCUT2D eigenvalue weighted by Crippen LogP contribution is -2.37. The van der Waals surface area contributed by atoms with Crippen molar-refractivity contribution in [1.82, 2.24) is 0 Å². The van der Waals surface area contributed by atoms with Crippen LogP contribution >= 0.6 is 45.2 Å². The Morgan fingerprint density at radius 3 is 2.25 bits per heavy atom. The molecule has 3 rings (SSSR count). The molecule has 0 amide bonds. The second-order valence-corrected chi connectivity index (χ2v) is 11.6. The van der Waals surface area contributed by atoms with Gasteiger partial charge in [-0.25, -0.2) is 4.79 Å². The first kappa shape index (κ1) is 25.5. The van der Waals surface area contributed by atoms with Crippen molar-refractivity contribution in [3.63, 3.8) is 0 Å². The van der Waals surface area contributed by atoms with E-state index in [1.165, 1.54) is 0 Å². The minimum Gasteiger partial charge on any atom is -0.465 e. The standard InChI is InChI=1S/C24H28I2O6/c1-5-6-9-30-22(28)18-13-7-8-14(10-13)19(18)23(29)31-20-16(11-15(25)12-17(20)26)21(27)32-24(2,3)4/h7-8,11-14,18-19H,5-6,9-10H2,1-4H3. The molecule has 4 unspecified atom stereocenters. The second kappa shape index (κ2) is 10.4. The molecule has 0 aliphatic heterocycles. The Bertz CT molecular complexity index is 933. The minimum atomic E-state index is -0.687. The van der Waals surface area contributed by atoms with Crippen molar-refractivity contribution >= 4 is 63.1 Å². The van der Waals surface area contributed by atoms with Crippen LogP contribution in [0.5, 0.6) is 5.75 Å². The number of hydrogen-bond donors (Lipinski definition) is 0. The molecule has 4 atom stereocenters. The van der Waals surface area contributed by atoms with Crippen molar-refractivity contribution in [2.75, 3.05) is 6.61 Å². The van der Waals surface area contributed by atoms with Gasteiger partial charge in [0.15, 0.2) is 5.75 Å². The van der Waals surface area contributed by atoms with Crippen molar-refractivity contribution in [2.45, 2.75) is 52.6 Å². The van der Waals surface area contributed by atoms with Gasteiger partial charge in [-0.1, -0.05) is 25.5 Å². The smallest absolute Gasteiger partial charge is 0.342 e. The number of carbonyl (C=O) groups is 3. The number of allylic oxidation sites excluding steroid dienone is 2. The summed E-state index contributed by atoms with van der Waals surface area (Å²) in [5.41, 5.74) is -0.487. The van der Waals surface area contributed by atoms with E-state index in [1.54, 1.807) is 26.8 Å². The lowest BCUT2D eigenvalue weighted by molar-refractivity contribution is -0.157. The van der Waals surface area contributed by atoms with Crippen molar-refractivity contribution < 1.29 is 28.6 Å². The van der Waals surface area contributed by atoms with E-state index in [0.29, 0.717) is 10.2 Å². The first-order valence-corrected chi connectivity index (χ1v) is 13.0. The second-order valence-electron chi connectivity index (χ2n) is 9.21. The third kappa shape index (κ3) is 5.84. The summed E-state index contributed by atoms with van der Waals surface area (Å²) in [6, 6.07) is 3.48. The van der Waals surface area contributed by atoms with E-state index in [-0.39, 0.29) is 29.1 Å². The highest BCUT2D eigenvalue weighted by Crippen LogP contribution is 2.49. The Hall–Kier alpha value is -1.17. The predicted octanol–water partition coefficient (Wildman–Crippen LogP) is 5.54. The number of rotatable bonds is 7. The molecule has 1 fully saturated rings. The van der Waals surface area contributed by atoms with Gasteiger partial charge >= 0.3 is 17.9 Å². The van der Waals surface area contributed by atoms with Crippen molar-refractivity contribution in [3.05, 3.63) is 37.0 Å². The fourth-order valence-corrected chi connectivity index (χ4v) is 6.15. The Kier molecular flexibility index (Phi) is 8.27. The maximum absolute atomic E-state index is 13.3. The minimum absolute atomic E-state index is 0.0206. The van der Waals surface area contributed by atoms with E-state index in [1.807, 2.05) is 47.7 Å². The van der Waals surface area contributed by atoms with Crippen LogP contribution in [0.1, 0.15) is 57.3 Å². The third-order valence-electron chi connectivity index (χ3n) is 5.58. The van der Waals surface area contributed by atoms with Gasteiger partial charge in [0, 0.05) is 3.57 Å². The van der Waals surface area contributed by atoms with Gasteiger partial charge < -0.3 is 14.2 Å². The quantitative estimate of drug-likeness (QED) is 0.125. The van der Waals surface area contributed by atoms with E-state index in [4.69, 9.17) is 14.2 Å². The lowest BCUT2D eigenvalue weighted by atomic mass is 9.83. The zero-order chi connectivity index (χ0) is 23.6. The molecule has 0 spiro atoms. The number of benzene rings is 1. The van der Waals surface area contributed by atoms with Gasteiger partial charge in [0.1, 0.15) is 11.2 Å². The summed E-state index contributed by atoms with van der Waals surface area (Å²) in [7, 11) is 0. The Morgan fingerprint density at radius 2 is 1.66 bits per heavy atom. The molecule has 32 heavy (non-hydrogen) atoms. The van der Waals surface area contributed by atoms with Crippen LogP contribution in [0.25, 0.3) is 0 Å². The number of fused-ring (bicyclic) bond motifs is 2. The highest BCUT2D eigenvalue weighted by molar-refractivity contribution is 14.1. The highest BCUT2D eigenvalue weighted by atomic mass is 127. The molecule has 2 bridgehead atoms. The maximum Gasteiger partial charge on any atom is 0.342 e. The molecule has 1 saturated carbocycles. The number of halogens is 2. The number of esters is 3. The van der Waals surface area contributed by atoms with Crippen LogP contribution in [0.2, 0.25) is 0 Å². The molecular formula is C24H28I2O6. The van der Waals surface area contributed by atoms with E-state index in [0.717, 1.165) is 22.8 Å². The summed E-state index contributed by atoms with van der Waals surface area (Å²) in [5.74, 6) is -2.50. The van der Waals surface area contributed by atoms with E-state index in [9.17, 15) is 14.4 Å². The fraction of sp³-hybridized carbons (Fsp3) is 0.542. The van der Waals surface area contributed by atoms with E-state index >= 15 is 0 Å². The zero-order valence-corrected chi connectivity index (χ0v) is 23.0. The zero-order valence-electron chi connectivity index (χ0n) is 18.7. The summed E-state index contributed by atoms with van der Waals surface area (Å²) < 4.78 is 18.2. The molecule has 0 saturated heterocycles. The van der Waals surface area contributed by atoms with Gasteiger partial charge in [0.2, 0.25) is 0 Å². The average Bonchev–Trinajstić information content (AvgIpc) is 3.30. The van der Waals surface area contributed by atoms with Crippen LogP contribution < -0.4 is 4.74 Å². The molecule has 8 heteroatoms. The molecule has 0 aromatic heterocycles. The molecule has 1 aromatic carbocycles. The monoisotopic (exact) mass is 666 g/mol. The Balaban J connectivity index is 1.85. The first-order valence-electron chi connectivity index (χ1n) is 10.8. The number of hydrogen-bond acceptors (Lipinski definition) is 6. The third-order valence-corrected chi connectivity index (χ3v) is 7.00. The number of carbonyl (C=O) groups excluding carboxylic acids is 3. The van der Waals surface area contributed by atoms with Gasteiger partial charge in [-0.2, -0.15) is 0 Å². The molecule has 0 radical (unpaired) electrons. The van der Waals surface area contributed by atoms with Crippen molar-refractivity contribution in [3.8, 4) is 5.75 Å². The lowest BCUT2D eigenvalue weighted by Gasteiger charge is -2.26. The van der Waals surface area contributed by atoms with Crippen LogP contribution in [0.3, 0.4) is 0 Å². The Labute approximate surface area is 216 Å². The topological polar surface area (TPSA) is 78.9 Å². The van der Waals surface area contributed by atoms with Crippen LogP contribution in [0.4, 0.5) is 0 Å². The van der Waals surface area contributed by atoms with Crippen LogP contribution in [-0.2, 0) is 19.1 Å². The van der Waals surface area contributed by atoms with Gasteiger partial charge in [0.05, 0.1) is 22.0 Å². The summed E-state index contributed by atoms with van der Waals surface area (Å²) in [6.07, 6.45) is 6.43. The van der Waals surface area contributed by atoms with E-state index < -0.39 is 29.4 Å². The molecule has 0 N–H and O–H groups in total. The average molecular weight is 666 g/mol. The molecule has 1 aromatic rings. The molecule has 2 aliphatic carbocycles. The van der Waals surface area contributed by atoms with Gasteiger partial charge in [0.25, 0.3) is 0 Å². The van der Waals surface area contributed by atoms with E-state index in [2.05, 4.69) is 22.6 Å². The molecule has 6 nitrogen and oxygen atoms in total. The molecule has 0 heterocycles. The Morgan fingerprint density at radius 1 is 1.03 bits per heavy atom. The van der Waals surface area contributed by atoms with Gasteiger partial charge in [-0.3, -0.25) is 9.59 Å². The van der Waals surface area contributed by atoms with Crippen LogP contribution in [0.15, 0.2) is 24.3 Å². The van der Waals surface area contributed by atoms with Gasteiger partial charge in [-0.15, -0.1) is 0 Å². The van der Waals surface area contributed by atoms with Crippen molar-refractivity contribution in [2.24, 2.45) is 23.7 Å². The molecule has 2 aliphatic rings. The summed E-state index contributed by atoms with van der Waals surface area (Å²) in [6.45, 7) is 7.73. The summed E-state index contributed by atoms with van der Waals surface area (Å²) in [4.78, 5) is 38.9. The highest BCUT2D eigenvalue weighted by Gasteiger charge is 2.53. The fourth-order valence-electron chi connectivity index (χ4n) is 4.20. The maximum atomic E-state index is 13.3. The largest absolute Gasteiger partial charge is 0.465 e. The SMILES string of the molecule is CCCCOC(=O)C1C2C=CC(C2)C1C(=O)Oc1c(I)cc(I)cc1C(=O)OC(C)(C)C. The normalized spacial score (nSPS) is 23.8. The number of ether oxygens (including phenoxy) is 3.